The highest BCUT2D eigenvalue weighted by atomic mass is 16.7. The van der Waals surface area contributed by atoms with Crippen molar-refractivity contribution in [1.82, 2.24) is 10.7 Å². The van der Waals surface area contributed by atoms with Crippen LogP contribution < -0.4 is 20.2 Å². The van der Waals surface area contributed by atoms with Crippen LogP contribution in [-0.4, -0.2) is 24.3 Å². The van der Waals surface area contributed by atoms with E-state index in [2.05, 4.69) is 15.8 Å². The van der Waals surface area contributed by atoms with Crippen LogP contribution in [0.25, 0.3) is 6.08 Å². The molecule has 0 spiro atoms. The van der Waals surface area contributed by atoms with E-state index in [9.17, 15) is 9.59 Å². The van der Waals surface area contributed by atoms with Crippen LogP contribution in [0.3, 0.4) is 0 Å². The number of benzene rings is 3. The Morgan fingerprint density at radius 1 is 0.909 bits per heavy atom. The molecule has 0 atom stereocenters. The van der Waals surface area contributed by atoms with Crippen molar-refractivity contribution in [3.63, 3.8) is 0 Å². The number of nitrogens with one attached hydrogen (secondary N) is 2. The first-order valence-corrected chi connectivity index (χ1v) is 10.5. The van der Waals surface area contributed by atoms with Gasteiger partial charge in [0.05, 0.1) is 5.71 Å². The number of fused-ring (bicyclic) bond motifs is 1. The zero-order chi connectivity index (χ0) is 23.0. The van der Waals surface area contributed by atoms with Gasteiger partial charge in [0.1, 0.15) is 5.70 Å². The maximum absolute atomic E-state index is 13.0. The van der Waals surface area contributed by atoms with Gasteiger partial charge in [0.15, 0.2) is 11.5 Å². The van der Waals surface area contributed by atoms with Gasteiger partial charge in [0.2, 0.25) is 6.79 Å². The van der Waals surface area contributed by atoms with Crippen molar-refractivity contribution >= 4 is 23.6 Å². The highest BCUT2D eigenvalue weighted by Crippen LogP contribution is 2.33. The molecule has 1 aliphatic heterocycles. The summed E-state index contributed by atoms with van der Waals surface area (Å²) in [6.07, 6.45) is 2.20. The fourth-order valence-electron chi connectivity index (χ4n) is 3.27. The van der Waals surface area contributed by atoms with E-state index in [0.29, 0.717) is 29.0 Å². The third kappa shape index (κ3) is 5.46. The van der Waals surface area contributed by atoms with Crippen LogP contribution in [0.1, 0.15) is 34.8 Å². The first-order valence-electron chi connectivity index (χ1n) is 10.5. The number of rotatable bonds is 7. The average molecular weight is 441 g/mol. The summed E-state index contributed by atoms with van der Waals surface area (Å²) < 4.78 is 10.8. The van der Waals surface area contributed by atoms with Gasteiger partial charge < -0.3 is 14.8 Å². The van der Waals surface area contributed by atoms with Crippen LogP contribution in [0.2, 0.25) is 0 Å². The smallest absolute Gasteiger partial charge is 0.287 e. The van der Waals surface area contributed by atoms with Gasteiger partial charge in [-0.15, -0.1) is 0 Å². The molecule has 0 unspecified atom stereocenters. The van der Waals surface area contributed by atoms with Gasteiger partial charge in [-0.3, -0.25) is 9.59 Å². The fraction of sp³-hybridized carbons (Fsp3) is 0.115. The van der Waals surface area contributed by atoms with Crippen molar-refractivity contribution in [1.29, 1.82) is 0 Å². The summed E-state index contributed by atoms with van der Waals surface area (Å²) >= 11 is 0. The van der Waals surface area contributed by atoms with E-state index in [1.807, 2.05) is 43.3 Å². The van der Waals surface area contributed by atoms with E-state index in [1.165, 1.54) is 0 Å². The summed E-state index contributed by atoms with van der Waals surface area (Å²) in [6.45, 7) is 2.10. The highest BCUT2D eigenvalue weighted by molar-refractivity contribution is 6.06. The summed E-state index contributed by atoms with van der Waals surface area (Å²) in [5.74, 6) is 0.263. The monoisotopic (exact) mass is 441 g/mol. The predicted octanol–water partition coefficient (Wildman–Crippen LogP) is 4.12. The summed E-state index contributed by atoms with van der Waals surface area (Å²) in [5.41, 5.74) is 5.36. The largest absolute Gasteiger partial charge is 0.454 e. The van der Waals surface area contributed by atoms with Gasteiger partial charge in [-0.25, -0.2) is 5.43 Å². The topological polar surface area (TPSA) is 89.0 Å². The summed E-state index contributed by atoms with van der Waals surface area (Å²) in [7, 11) is 0. The molecule has 1 heterocycles. The number of hydrogen-bond donors (Lipinski definition) is 2. The maximum Gasteiger partial charge on any atom is 0.287 e. The molecule has 4 rings (SSSR count). The number of hydrazone groups is 1. The van der Waals surface area contributed by atoms with Crippen LogP contribution in [0.15, 0.2) is 89.7 Å². The van der Waals surface area contributed by atoms with Gasteiger partial charge in [0, 0.05) is 5.56 Å². The lowest BCUT2D eigenvalue weighted by molar-refractivity contribution is -0.117. The third-order valence-corrected chi connectivity index (χ3v) is 4.97. The van der Waals surface area contributed by atoms with Crippen LogP contribution in [-0.2, 0) is 4.79 Å². The molecule has 3 aromatic rings. The van der Waals surface area contributed by atoms with Crippen LogP contribution in [0.5, 0.6) is 11.5 Å². The number of carbonyl (C=O) groups excluding carboxylic acids is 2. The Labute approximate surface area is 191 Å². The SMILES string of the molecule is CCC(=NNC(=O)C(=Cc1ccc2c(c1)OCO2)NC(=O)c1ccccc1)c1ccccc1. The Morgan fingerprint density at radius 2 is 1.58 bits per heavy atom. The van der Waals surface area contributed by atoms with E-state index in [0.717, 1.165) is 11.3 Å². The van der Waals surface area contributed by atoms with Crippen molar-refractivity contribution in [2.45, 2.75) is 13.3 Å². The van der Waals surface area contributed by atoms with Gasteiger partial charge in [-0.1, -0.05) is 61.5 Å². The molecular weight excluding hydrogens is 418 g/mol. The standard InChI is InChI=1S/C26H23N3O4/c1-2-21(19-9-5-3-6-10-19)28-29-26(31)22(27-25(30)20-11-7-4-8-12-20)15-18-13-14-23-24(16-18)33-17-32-23/h3-16H,2,17H2,1H3,(H,27,30)(H,29,31). The molecule has 0 fully saturated rings. The van der Waals surface area contributed by atoms with Crippen molar-refractivity contribution in [3.8, 4) is 11.5 Å². The molecule has 0 aliphatic carbocycles. The van der Waals surface area contributed by atoms with E-state index in [1.54, 1.807) is 48.5 Å². The molecule has 0 saturated carbocycles. The minimum Gasteiger partial charge on any atom is -0.454 e. The lowest BCUT2D eigenvalue weighted by Crippen LogP contribution is -2.33. The fourth-order valence-corrected chi connectivity index (χ4v) is 3.27. The zero-order valence-electron chi connectivity index (χ0n) is 18.1. The second kappa shape index (κ2) is 10.3. The second-order valence-electron chi connectivity index (χ2n) is 7.21. The van der Waals surface area contributed by atoms with E-state index >= 15 is 0 Å². The summed E-state index contributed by atoms with van der Waals surface area (Å²) in [4.78, 5) is 25.8. The molecule has 7 nitrogen and oxygen atoms in total. The molecule has 0 saturated heterocycles. The van der Waals surface area contributed by atoms with Gasteiger partial charge in [-0.05, 0) is 47.9 Å². The maximum atomic E-state index is 13.0. The normalized spacial score (nSPS) is 12.9. The Morgan fingerprint density at radius 3 is 2.27 bits per heavy atom. The summed E-state index contributed by atoms with van der Waals surface area (Å²) in [6, 6.07) is 23.5. The molecule has 2 amide bonds. The molecule has 7 heteroatoms. The summed E-state index contributed by atoms with van der Waals surface area (Å²) in [5, 5.41) is 6.99. The number of ether oxygens (including phenoxy) is 2. The lowest BCUT2D eigenvalue weighted by atomic mass is 10.1. The number of nitrogens with zero attached hydrogens (tertiary/aromatic N) is 1. The first kappa shape index (κ1) is 21.8. The van der Waals surface area contributed by atoms with Gasteiger partial charge >= 0.3 is 0 Å². The van der Waals surface area contributed by atoms with Crippen molar-refractivity contribution < 1.29 is 19.1 Å². The van der Waals surface area contributed by atoms with E-state index < -0.39 is 11.8 Å². The molecule has 0 bridgehead atoms. The number of carbonyl (C=O) groups is 2. The Balaban J connectivity index is 1.60. The molecule has 0 radical (unpaired) electrons. The van der Waals surface area contributed by atoms with Crippen molar-refractivity contribution in [2.75, 3.05) is 6.79 Å². The molecule has 0 aromatic heterocycles. The number of hydrogen-bond acceptors (Lipinski definition) is 5. The first-order chi connectivity index (χ1) is 16.1. The highest BCUT2D eigenvalue weighted by Gasteiger charge is 2.17. The predicted molar refractivity (Wildman–Crippen MR) is 126 cm³/mol. The molecule has 166 valence electrons. The number of amides is 2. The van der Waals surface area contributed by atoms with E-state index in [4.69, 9.17) is 9.47 Å². The van der Waals surface area contributed by atoms with E-state index in [-0.39, 0.29) is 12.5 Å². The molecule has 3 aromatic carbocycles. The quantitative estimate of drug-likeness (QED) is 0.328. The third-order valence-electron chi connectivity index (χ3n) is 4.97. The Bertz CT molecular complexity index is 1200. The van der Waals surface area contributed by atoms with Gasteiger partial charge in [0.25, 0.3) is 11.8 Å². The second-order valence-corrected chi connectivity index (χ2v) is 7.21. The van der Waals surface area contributed by atoms with Crippen molar-refractivity contribution in [3.05, 3.63) is 101 Å². The minimum atomic E-state index is -0.543. The Kier molecular flexibility index (Phi) is 6.80. The minimum absolute atomic E-state index is 0.0509. The zero-order valence-corrected chi connectivity index (χ0v) is 18.1. The Hall–Kier alpha value is -4.39. The molecule has 1 aliphatic rings. The average Bonchev–Trinajstić information content (AvgIpc) is 3.33. The molecular formula is C26H23N3O4. The molecule has 2 N–H and O–H groups in total. The van der Waals surface area contributed by atoms with Crippen LogP contribution >= 0.6 is 0 Å². The van der Waals surface area contributed by atoms with Crippen molar-refractivity contribution in [2.24, 2.45) is 5.10 Å². The van der Waals surface area contributed by atoms with Crippen LogP contribution in [0.4, 0.5) is 0 Å². The lowest BCUT2D eigenvalue weighted by Gasteiger charge is -2.11. The van der Waals surface area contributed by atoms with Gasteiger partial charge in [-0.2, -0.15) is 5.10 Å². The van der Waals surface area contributed by atoms with Crippen LogP contribution in [0, 0.1) is 0 Å². The molecule has 33 heavy (non-hydrogen) atoms.